The summed E-state index contributed by atoms with van der Waals surface area (Å²) in [6, 6.07) is 27.8. The van der Waals surface area contributed by atoms with Crippen molar-refractivity contribution in [1.29, 1.82) is 0 Å². The SMILES string of the molecule is Fc1ccc([PH+](c2ccccc2)c2ccccc2)cc1.[Cl-]. The number of halogens is 2. The monoisotopic (exact) mass is 316 g/mol. The highest BCUT2D eigenvalue weighted by atomic mass is 35.5. The molecule has 3 aromatic carbocycles. The van der Waals surface area contributed by atoms with Gasteiger partial charge in [0.15, 0.2) is 0 Å². The summed E-state index contributed by atoms with van der Waals surface area (Å²) in [6.07, 6.45) is 0. The van der Waals surface area contributed by atoms with Crippen LogP contribution in [0.3, 0.4) is 0 Å². The Bertz CT molecular complexity index is 629. The Labute approximate surface area is 131 Å². The predicted molar refractivity (Wildman–Crippen MR) is 86.5 cm³/mol. The molecule has 0 aliphatic heterocycles. The Balaban J connectivity index is 0.00000161. The van der Waals surface area contributed by atoms with Crippen molar-refractivity contribution in [3.63, 3.8) is 0 Å². The topological polar surface area (TPSA) is 0 Å². The van der Waals surface area contributed by atoms with Crippen molar-refractivity contribution in [1.82, 2.24) is 0 Å². The molecule has 0 atom stereocenters. The normalized spacial score (nSPS) is 10.2. The quantitative estimate of drug-likeness (QED) is 0.611. The zero-order valence-corrected chi connectivity index (χ0v) is 13.1. The molecule has 0 fully saturated rings. The Morgan fingerprint density at radius 2 is 0.905 bits per heavy atom. The van der Waals surface area contributed by atoms with Crippen LogP contribution in [0.2, 0.25) is 0 Å². The van der Waals surface area contributed by atoms with Gasteiger partial charge in [0, 0.05) is 0 Å². The van der Waals surface area contributed by atoms with Gasteiger partial charge >= 0.3 is 0 Å². The van der Waals surface area contributed by atoms with Crippen LogP contribution in [0, 0.1) is 5.82 Å². The lowest BCUT2D eigenvalue weighted by Gasteiger charge is -2.10. The van der Waals surface area contributed by atoms with Gasteiger partial charge in [0.2, 0.25) is 0 Å². The fourth-order valence-corrected chi connectivity index (χ4v) is 4.88. The molecule has 106 valence electrons. The summed E-state index contributed by atoms with van der Waals surface area (Å²) in [5.41, 5.74) is 0. The first-order chi connectivity index (χ1) is 9.84. The summed E-state index contributed by atoms with van der Waals surface area (Å²) in [5, 5.41) is 3.83. The molecular formula is C18H15ClFP. The van der Waals surface area contributed by atoms with E-state index in [2.05, 4.69) is 48.5 Å². The summed E-state index contributed by atoms with van der Waals surface area (Å²) >= 11 is 0. The van der Waals surface area contributed by atoms with Crippen LogP contribution in [0.25, 0.3) is 0 Å². The molecule has 0 saturated heterocycles. The van der Waals surface area contributed by atoms with E-state index in [9.17, 15) is 4.39 Å². The predicted octanol–water partition coefficient (Wildman–Crippen LogP) is 0.320. The smallest absolute Gasteiger partial charge is 0.123 e. The highest BCUT2D eigenvalue weighted by Crippen LogP contribution is 2.32. The van der Waals surface area contributed by atoms with E-state index in [1.165, 1.54) is 15.9 Å². The molecule has 0 saturated carbocycles. The minimum atomic E-state index is -1.06. The van der Waals surface area contributed by atoms with E-state index < -0.39 is 7.92 Å². The van der Waals surface area contributed by atoms with Crippen molar-refractivity contribution >= 4 is 23.8 Å². The average molecular weight is 317 g/mol. The first-order valence-electron chi connectivity index (χ1n) is 6.58. The van der Waals surface area contributed by atoms with Gasteiger partial charge in [-0.05, 0) is 48.5 Å². The number of hydrogen-bond acceptors (Lipinski definition) is 0. The lowest BCUT2D eigenvalue weighted by molar-refractivity contribution is -0.00000440. The third-order valence-corrected chi connectivity index (χ3v) is 5.99. The zero-order chi connectivity index (χ0) is 13.8. The molecule has 3 aromatic rings. The second kappa shape index (κ2) is 7.36. The maximum Gasteiger partial charge on any atom is 0.123 e. The van der Waals surface area contributed by atoms with E-state index in [1.807, 2.05) is 24.3 Å². The molecule has 0 spiro atoms. The van der Waals surface area contributed by atoms with Crippen LogP contribution in [0.1, 0.15) is 0 Å². The summed E-state index contributed by atoms with van der Waals surface area (Å²) in [6.45, 7) is 0. The summed E-state index contributed by atoms with van der Waals surface area (Å²) in [7, 11) is -1.06. The molecular weight excluding hydrogens is 302 g/mol. The van der Waals surface area contributed by atoms with E-state index in [1.54, 1.807) is 12.1 Å². The van der Waals surface area contributed by atoms with E-state index in [0.717, 1.165) is 0 Å². The maximum atomic E-state index is 13.2. The van der Waals surface area contributed by atoms with Crippen molar-refractivity contribution in [3.8, 4) is 0 Å². The van der Waals surface area contributed by atoms with Crippen LogP contribution < -0.4 is 28.3 Å². The van der Waals surface area contributed by atoms with Crippen LogP contribution in [0.15, 0.2) is 84.9 Å². The number of benzene rings is 3. The van der Waals surface area contributed by atoms with Gasteiger partial charge in [-0.2, -0.15) is 0 Å². The Hall–Kier alpha value is -1.69. The van der Waals surface area contributed by atoms with Crippen molar-refractivity contribution in [2.24, 2.45) is 0 Å². The molecule has 0 aromatic heterocycles. The summed E-state index contributed by atoms with van der Waals surface area (Å²) in [4.78, 5) is 0. The number of hydrogen-bond donors (Lipinski definition) is 0. The third-order valence-electron chi connectivity index (χ3n) is 3.26. The first kappa shape index (κ1) is 15.7. The minimum Gasteiger partial charge on any atom is -1.00 e. The van der Waals surface area contributed by atoms with Gasteiger partial charge in [0.25, 0.3) is 0 Å². The molecule has 0 radical (unpaired) electrons. The van der Waals surface area contributed by atoms with Crippen molar-refractivity contribution < 1.29 is 16.8 Å². The van der Waals surface area contributed by atoms with Gasteiger partial charge in [-0.1, -0.05) is 36.4 Å². The second-order valence-corrected chi connectivity index (χ2v) is 7.10. The zero-order valence-electron chi connectivity index (χ0n) is 11.3. The van der Waals surface area contributed by atoms with E-state index >= 15 is 0 Å². The van der Waals surface area contributed by atoms with Crippen LogP contribution in [0.5, 0.6) is 0 Å². The Morgan fingerprint density at radius 1 is 0.524 bits per heavy atom. The van der Waals surface area contributed by atoms with Crippen LogP contribution in [-0.2, 0) is 0 Å². The molecule has 0 aliphatic carbocycles. The van der Waals surface area contributed by atoms with Gasteiger partial charge in [0.1, 0.15) is 21.7 Å². The molecule has 3 rings (SSSR count). The molecule has 0 bridgehead atoms. The van der Waals surface area contributed by atoms with E-state index in [0.29, 0.717) is 0 Å². The van der Waals surface area contributed by atoms with Gasteiger partial charge in [0.05, 0.1) is 7.92 Å². The molecule has 21 heavy (non-hydrogen) atoms. The largest absolute Gasteiger partial charge is 1.00 e. The fourth-order valence-electron chi connectivity index (χ4n) is 2.33. The number of rotatable bonds is 3. The van der Waals surface area contributed by atoms with Crippen molar-refractivity contribution in [3.05, 3.63) is 90.7 Å². The van der Waals surface area contributed by atoms with Gasteiger partial charge in [-0.15, -0.1) is 0 Å². The van der Waals surface area contributed by atoms with Crippen LogP contribution >= 0.6 is 7.92 Å². The standard InChI is InChI=1S/C18H14FP.ClH/c19-15-11-13-18(14-12-15)20(16-7-3-1-4-8-16)17-9-5-2-6-10-17;/h1-14H;1H. The molecule has 0 amide bonds. The maximum absolute atomic E-state index is 13.2. The summed E-state index contributed by atoms with van der Waals surface area (Å²) in [5.74, 6) is -0.184. The molecule has 0 nitrogen and oxygen atoms in total. The van der Waals surface area contributed by atoms with Gasteiger partial charge in [-0.3, -0.25) is 0 Å². The third kappa shape index (κ3) is 3.69. The first-order valence-corrected chi connectivity index (χ1v) is 8.08. The summed E-state index contributed by atoms with van der Waals surface area (Å²) < 4.78 is 13.2. The Kier molecular flexibility index (Phi) is 5.50. The van der Waals surface area contributed by atoms with Crippen molar-refractivity contribution in [2.75, 3.05) is 0 Å². The molecule has 3 heteroatoms. The minimum absolute atomic E-state index is 0. The Morgan fingerprint density at radius 3 is 1.33 bits per heavy atom. The van der Waals surface area contributed by atoms with Crippen LogP contribution in [0.4, 0.5) is 4.39 Å². The molecule has 0 unspecified atom stereocenters. The van der Waals surface area contributed by atoms with E-state index in [-0.39, 0.29) is 18.2 Å². The van der Waals surface area contributed by atoms with Crippen LogP contribution in [-0.4, -0.2) is 0 Å². The van der Waals surface area contributed by atoms with E-state index in [4.69, 9.17) is 0 Å². The second-order valence-electron chi connectivity index (χ2n) is 4.61. The lowest BCUT2D eigenvalue weighted by Crippen LogP contribution is -3.00. The van der Waals surface area contributed by atoms with Crippen molar-refractivity contribution in [2.45, 2.75) is 0 Å². The van der Waals surface area contributed by atoms with Gasteiger partial charge in [-0.25, -0.2) is 4.39 Å². The highest BCUT2D eigenvalue weighted by molar-refractivity contribution is 7.79. The lowest BCUT2D eigenvalue weighted by atomic mass is 10.3. The average Bonchev–Trinajstić information content (AvgIpc) is 2.52. The molecule has 0 aliphatic rings. The molecule has 0 N–H and O–H groups in total. The fraction of sp³-hybridized carbons (Fsp3) is 0. The van der Waals surface area contributed by atoms with Gasteiger partial charge < -0.3 is 12.4 Å². The molecule has 0 heterocycles. The highest BCUT2D eigenvalue weighted by Gasteiger charge is 2.24.